The predicted octanol–water partition coefficient (Wildman–Crippen LogP) is 0.0704. The molecule has 1 aliphatic heterocycles. The van der Waals surface area contributed by atoms with Gasteiger partial charge in [-0.05, 0) is 13.0 Å². The number of β-amino-alcohol motifs (C(OH)–C–C–N with tert-alkyl or cyclic N) is 1. The highest BCUT2D eigenvalue weighted by Crippen LogP contribution is 2.17. The van der Waals surface area contributed by atoms with Crippen LogP contribution in [0.1, 0.15) is 12.8 Å². The summed E-state index contributed by atoms with van der Waals surface area (Å²) >= 11 is 0. The van der Waals surface area contributed by atoms with E-state index in [4.69, 9.17) is 0 Å². The van der Waals surface area contributed by atoms with E-state index in [2.05, 4.69) is 5.32 Å². The molecule has 0 aliphatic carbocycles. The summed E-state index contributed by atoms with van der Waals surface area (Å²) in [7, 11) is 0. The molecule has 0 bridgehead atoms. The normalized spacial score (nSPS) is 35.3. The van der Waals surface area contributed by atoms with Gasteiger partial charge in [0.05, 0.1) is 12.3 Å². The van der Waals surface area contributed by atoms with E-state index < -0.39 is 12.3 Å². The van der Waals surface area contributed by atoms with E-state index in [0.29, 0.717) is 13.0 Å². The van der Waals surface area contributed by atoms with E-state index in [0.717, 1.165) is 6.54 Å². The highest BCUT2D eigenvalue weighted by atomic mass is 19.1. The molecule has 9 heavy (non-hydrogen) atoms. The van der Waals surface area contributed by atoms with Crippen molar-refractivity contribution in [3.05, 3.63) is 0 Å². The average Bonchev–Trinajstić information content (AvgIpc) is 2.16. The fraction of sp³-hybridized carbons (Fsp3) is 1.00. The lowest BCUT2D eigenvalue weighted by Crippen LogP contribution is -2.31. The van der Waals surface area contributed by atoms with Crippen LogP contribution in [-0.2, 0) is 0 Å². The minimum Gasteiger partial charge on any atom is -0.388 e. The van der Waals surface area contributed by atoms with Gasteiger partial charge in [-0.2, -0.15) is 0 Å². The van der Waals surface area contributed by atoms with Gasteiger partial charge < -0.3 is 10.4 Å². The Labute approximate surface area is 54.1 Å². The minimum absolute atomic E-state index is 0.278. The zero-order chi connectivity index (χ0) is 6.74. The zero-order valence-electron chi connectivity index (χ0n) is 5.36. The second kappa shape index (κ2) is 2.62. The van der Waals surface area contributed by atoms with Crippen molar-refractivity contribution >= 4 is 0 Å². The quantitative estimate of drug-likeness (QED) is 0.558. The van der Waals surface area contributed by atoms with Crippen molar-refractivity contribution in [1.82, 2.24) is 5.32 Å². The van der Waals surface area contributed by atoms with Crippen LogP contribution in [0.25, 0.3) is 0 Å². The third-order valence-electron chi connectivity index (χ3n) is 1.78. The summed E-state index contributed by atoms with van der Waals surface area (Å²) in [6.45, 7) is 0.950. The average molecular weight is 133 g/mol. The van der Waals surface area contributed by atoms with Gasteiger partial charge in [0.15, 0.2) is 0 Å². The van der Waals surface area contributed by atoms with E-state index >= 15 is 0 Å². The summed E-state index contributed by atoms with van der Waals surface area (Å²) in [6, 6.07) is 0. The Hall–Kier alpha value is -0.150. The Balaban J connectivity index is 2.32. The second-order valence-electron chi connectivity index (χ2n) is 2.59. The second-order valence-corrected chi connectivity index (χ2v) is 2.59. The van der Waals surface area contributed by atoms with E-state index in [1.807, 2.05) is 0 Å². The Morgan fingerprint density at radius 2 is 2.44 bits per heavy atom. The summed E-state index contributed by atoms with van der Waals surface area (Å²) in [5.41, 5.74) is -0.741. The van der Waals surface area contributed by atoms with Crippen molar-refractivity contribution in [2.75, 3.05) is 19.8 Å². The molecule has 1 saturated heterocycles. The lowest BCUT2D eigenvalue weighted by molar-refractivity contribution is 0.0456. The van der Waals surface area contributed by atoms with Crippen molar-refractivity contribution in [3.8, 4) is 0 Å². The molecule has 54 valence electrons. The molecule has 0 amide bonds. The highest BCUT2D eigenvalue weighted by Gasteiger charge is 2.29. The molecule has 1 heterocycles. The third-order valence-corrected chi connectivity index (χ3v) is 1.78. The topological polar surface area (TPSA) is 32.3 Å². The number of rotatable bonds is 2. The van der Waals surface area contributed by atoms with Gasteiger partial charge in [-0.1, -0.05) is 0 Å². The maximum atomic E-state index is 11.7. The van der Waals surface area contributed by atoms with Crippen molar-refractivity contribution < 1.29 is 9.50 Å². The van der Waals surface area contributed by atoms with Gasteiger partial charge in [-0.15, -0.1) is 0 Å². The first-order valence-electron chi connectivity index (χ1n) is 3.26. The van der Waals surface area contributed by atoms with Crippen LogP contribution in [0.4, 0.5) is 4.39 Å². The lowest BCUT2D eigenvalue weighted by Gasteiger charge is -2.18. The molecule has 1 unspecified atom stereocenters. The molecule has 0 aromatic rings. The zero-order valence-corrected chi connectivity index (χ0v) is 5.36. The van der Waals surface area contributed by atoms with Crippen LogP contribution in [0.2, 0.25) is 0 Å². The molecule has 0 aromatic heterocycles. The minimum atomic E-state index is -0.741. The maximum absolute atomic E-state index is 11.7. The first-order chi connectivity index (χ1) is 4.27. The number of nitrogens with one attached hydrogen (secondary N) is 1. The molecule has 1 atom stereocenters. The molecule has 0 aromatic carbocycles. The van der Waals surface area contributed by atoms with Crippen molar-refractivity contribution in [1.29, 1.82) is 0 Å². The monoisotopic (exact) mass is 133 g/mol. The molecule has 2 N–H and O–H groups in total. The van der Waals surface area contributed by atoms with Gasteiger partial charge in [0.25, 0.3) is 0 Å². The van der Waals surface area contributed by atoms with E-state index in [1.165, 1.54) is 0 Å². The summed E-state index contributed by atoms with van der Waals surface area (Å²) in [5.74, 6) is 0. The van der Waals surface area contributed by atoms with Gasteiger partial charge in [0.1, 0.15) is 0 Å². The molecular weight excluding hydrogens is 121 g/mol. The van der Waals surface area contributed by atoms with Crippen LogP contribution in [0.5, 0.6) is 0 Å². The van der Waals surface area contributed by atoms with Crippen LogP contribution in [0.15, 0.2) is 0 Å². The standard InChI is InChI=1S/C6H12FNO/c7-3-1-6(9)2-4-8-5-6/h8-9H,1-5H2. The van der Waals surface area contributed by atoms with E-state index in [1.54, 1.807) is 0 Å². The van der Waals surface area contributed by atoms with Crippen LogP contribution < -0.4 is 5.32 Å². The molecule has 0 radical (unpaired) electrons. The molecule has 1 fully saturated rings. The van der Waals surface area contributed by atoms with Crippen LogP contribution in [0.3, 0.4) is 0 Å². The molecule has 1 aliphatic rings. The Morgan fingerprint density at radius 3 is 2.89 bits per heavy atom. The maximum Gasteiger partial charge on any atom is 0.0922 e. The first kappa shape index (κ1) is 6.96. The van der Waals surface area contributed by atoms with E-state index in [9.17, 15) is 9.50 Å². The molecule has 1 rings (SSSR count). The number of hydrogen-bond donors (Lipinski definition) is 2. The summed E-state index contributed by atoms with van der Waals surface area (Å²) in [4.78, 5) is 0. The van der Waals surface area contributed by atoms with Gasteiger partial charge in [0, 0.05) is 13.0 Å². The number of halogens is 1. The third kappa shape index (κ3) is 1.63. The highest BCUT2D eigenvalue weighted by molar-refractivity contribution is 4.86. The predicted molar refractivity (Wildman–Crippen MR) is 33.0 cm³/mol. The van der Waals surface area contributed by atoms with Crippen LogP contribution in [0, 0.1) is 0 Å². The Kier molecular flexibility index (Phi) is 2.03. The van der Waals surface area contributed by atoms with Gasteiger partial charge in [-0.25, -0.2) is 0 Å². The lowest BCUT2D eigenvalue weighted by atomic mass is 10.0. The fourth-order valence-corrected chi connectivity index (χ4v) is 1.12. The number of hydrogen-bond acceptors (Lipinski definition) is 2. The summed E-state index contributed by atoms with van der Waals surface area (Å²) in [6.07, 6.45) is 0.969. The fourth-order valence-electron chi connectivity index (χ4n) is 1.12. The molecule has 0 saturated carbocycles. The number of aliphatic hydroxyl groups is 1. The van der Waals surface area contributed by atoms with Crippen molar-refractivity contribution in [3.63, 3.8) is 0 Å². The van der Waals surface area contributed by atoms with Crippen molar-refractivity contribution in [2.45, 2.75) is 18.4 Å². The van der Waals surface area contributed by atoms with Gasteiger partial charge in [-0.3, -0.25) is 4.39 Å². The SMILES string of the molecule is OC1(CCF)CCNC1. The Bertz CT molecular complexity index is 91.1. The van der Waals surface area contributed by atoms with Gasteiger partial charge >= 0.3 is 0 Å². The summed E-state index contributed by atoms with van der Waals surface area (Å²) in [5, 5.41) is 12.4. The molecule has 2 nitrogen and oxygen atoms in total. The van der Waals surface area contributed by atoms with Crippen LogP contribution in [-0.4, -0.2) is 30.5 Å². The van der Waals surface area contributed by atoms with Crippen LogP contribution >= 0.6 is 0 Å². The Morgan fingerprint density at radius 1 is 1.67 bits per heavy atom. The smallest absolute Gasteiger partial charge is 0.0922 e. The van der Waals surface area contributed by atoms with E-state index in [-0.39, 0.29) is 6.42 Å². The van der Waals surface area contributed by atoms with Crippen molar-refractivity contribution in [2.24, 2.45) is 0 Å². The summed E-state index contributed by atoms with van der Waals surface area (Å²) < 4.78 is 11.7. The molecule has 3 heteroatoms. The number of alkyl halides is 1. The largest absolute Gasteiger partial charge is 0.388 e. The van der Waals surface area contributed by atoms with Gasteiger partial charge in [0.2, 0.25) is 0 Å². The molecule has 0 spiro atoms. The first-order valence-corrected chi connectivity index (χ1v) is 3.26. The molecular formula is C6H12FNO.